The topological polar surface area (TPSA) is 39.2 Å². The number of rotatable bonds is 2. The molecule has 0 spiro atoms. The largest absolute Gasteiger partial charge is 0.464 e. The number of pyridine rings is 1. The second-order valence-electron chi connectivity index (χ2n) is 2.36. The Labute approximate surface area is 83.7 Å². The minimum Gasteiger partial charge on any atom is -0.464 e. The van der Waals surface area contributed by atoms with Gasteiger partial charge in [0.2, 0.25) is 0 Å². The van der Waals surface area contributed by atoms with Crippen LogP contribution in [0.5, 0.6) is 0 Å². The van der Waals surface area contributed by atoms with Crippen LogP contribution in [0.25, 0.3) is 0 Å². The summed E-state index contributed by atoms with van der Waals surface area (Å²) in [6.45, 7) is 0. The highest BCUT2D eigenvalue weighted by Crippen LogP contribution is 2.24. The normalized spacial score (nSPS) is 10.4. The lowest BCUT2D eigenvalue weighted by Crippen LogP contribution is -2.06. The van der Waals surface area contributed by atoms with Crippen LogP contribution in [0.1, 0.15) is 22.6 Å². The summed E-state index contributed by atoms with van der Waals surface area (Å²) in [5.74, 6) is -0.774. The van der Waals surface area contributed by atoms with Gasteiger partial charge >= 0.3 is 5.97 Å². The van der Waals surface area contributed by atoms with Gasteiger partial charge in [0.1, 0.15) is 11.4 Å². The number of ether oxygens (including phenoxy) is 1. The standard InChI is InChI=1S/C8H6ClF2NO2/c1-14-8(13)5-3-2-4(9)6(12-5)7(10)11/h2-3,7H,1H3. The molecule has 0 radical (unpaired) electrons. The summed E-state index contributed by atoms with van der Waals surface area (Å²) in [5, 5.41) is -0.173. The van der Waals surface area contributed by atoms with Crippen LogP contribution in [0.3, 0.4) is 0 Å². The number of carbonyl (C=O) groups is 1. The molecule has 0 N–H and O–H groups in total. The van der Waals surface area contributed by atoms with Crippen LogP contribution in [-0.2, 0) is 4.74 Å². The number of hydrogen-bond donors (Lipinski definition) is 0. The molecule has 1 aromatic heterocycles. The molecule has 1 rings (SSSR count). The molecule has 0 saturated heterocycles. The van der Waals surface area contributed by atoms with Crippen molar-refractivity contribution < 1.29 is 18.3 Å². The van der Waals surface area contributed by atoms with Crippen LogP contribution in [0, 0.1) is 0 Å². The van der Waals surface area contributed by atoms with Crippen molar-refractivity contribution in [1.82, 2.24) is 4.98 Å². The zero-order valence-electron chi connectivity index (χ0n) is 7.13. The highest BCUT2D eigenvalue weighted by molar-refractivity contribution is 6.31. The Morgan fingerprint density at radius 3 is 2.71 bits per heavy atom. The van der Waals surface area contributed by atoms with Crippen molar-refractivity contribution in [2.24, 2.45) is 0 Å². The molecule has 0 fully saturated rings. The molecule has 1 heterocycles. The van der Waals surface area contributed by atoms with E-state index in [-0.39, 0.29) is 10.7 Å². The molecule has 6 heteroatoms. The quantitative estimate of drug-likeness (QED) is 0.720. The van der Waals surface area contributed by atoms with E-state index in [2.05, 4.69) is 9.72 Å². The van der Waals surface area contributed by atoms with E-state index in [0.29, 0.717) is 0 Å². The predicted octanol–water partition coefficient (Wildman–Crippen LogP) is 2.46. The summed E-state index contributed by atoms with van der Waals surface area (Å²) in [6, 6.07) is 2.41. The van der Waals surface area contributed by atoms with E-state index in [0.717, 1.165) is 7.11 Å². The molecule has 0 amide bonds. The van der Waals surface area contributed by atoms with E-state index in [4.69, 9.17) is 11.6 Å². The lowest BCUT2D eigenvalue weighted by Gasteiger charge is -2.03. The second-order valence-corrected chi connectivity index (χ2v) is 2.76. The van der Waals surface area contributed by atoms with Crippen LogP contribution in [-0.4, -0.2) is 18.1 Å². The summed E-state index contributed by atoms with van der Waals surface area (Å²) in [4.78, 5) is 14.3. The first-order valence-corrected chi connectivity index (χ1v) is 3.97. The van der Waals surface area contributed by atoms with Gasteiger partial charge in [0.15, 0.2) is 0 Å². The van der Waals surface area contributed by atoms with Crippen molar-refractivity contribution in [2.45, 2.75) is 6.43 Å². The maximum atomic E-state index is 12.3. The van der Waals surface area contributed by atoms with Crippen LogP contribution in [0.4, 0.5) is 8.78 Å². The first-order valence-electron chi connectivity index (χ1n) is 3.59. The molecule has 76 valence electrons. The van der Waals surface area contributed by atoms with Gasteiger partial charge in [-0.2, -0.15) is 0 Å². The van der Waals surface area contributed by atoms with E-state index >= 15 is 0 Å². The SMILES string of the molecule is COC(=O)c1ccc(Cl)c(C(F)F)n1. The summed E-state index contributed by atoms with van der Waals surface area (Å²) >= 11 is 5.44. The third kappa shape index (κ3) is 2.17. The molecule has 0 unspecified atom stereocenters. The van der Waals surface area contributed by atoms with Gasteiger partial charge in [-0.25, -0.2) is 18.6 Å². The first-order chi connectivity index (χ1) is 6.56. The van der Waals surface area contributed by atoms with Gasteiger partial charge in [0.05, 0.1) is 12.1 Å². The molecule has 0 aliphatic heterocycles. The number of halogens is 3. The highest BCUT2D eigenvalue weighted by atomic mass is 35.5. The zero-order chi connectivity index (χ0) is 10.7. The average molecular weight is 222 g/mol. The summed E-state index contributed by atoms with van der Waals surface area (Å²) < 4.78 is 28.9. The van der Waals surface area contributed by atoms with Gasteiger partial charge < -0.3 is 4.74 Å². The van der Waals surface area contributed by atoms with Gasteiger partial charge in [0.25, 0.3) is 6.43 Å². The average Bonchev–Trinajstić information content (AvgIpc) is 2.17. The van der Waals surface area contributed by atoms with Crippen molar-refractivity contribution in [3.63, 3.8) is 0 Å². The molecule has 0 aliphatic carbocycles. The number of aromatic nitrogens is 1. The van der Waals surface area contributed by atoms with Gasteiger partial charge in [-0.15, -0.1) is 0 Å². The summed E-state index contributed by atoms with van der Waals surface area (Å²) in [5.41, 5.74) is -0.804. The lowest BCUT2D eigenvalue weighted by molar-refractivity contribution is 0.0592. The number of methoxy groups -OCH3 is 1. The van der Waals surface area contributed by atoms with E-state index < -0.39 is 18.1 Å². The molecular formula is C8H6ClF2NO2. The first kappa shape index (κ1) is 10.8. The Hall–Kier alpha value is -1.23. The van der Waals surface area contributed by atoms with E-state index in [1.165, 1.54) is 12.1 Å². The maximum absolute atomic E-state index is 12.3. The third-order valence-electron chi connectivity index (χ3n) is 1.47. The molecule has 0 saturated carbocycles. The van der Waals surface area contributed by atoms with E-state index in [1.807, 2.05) is 0 Å². The summed E-state index contributed by atoms with van der Waals surface area (Å²) in [6.07, 6.45) is -2.81. The monoisotopic (exact) mass is 221 g/mol. The Morgan fingerprint density at radius 1 is 1.57 bits per heavy atom. The molecule has 0 aliphatic rings. The smallest absolute Gasteiger partial charge is 0.356 e. The van der Waals surface area contributed by atoms with Crippen LogP contribution < -0.4 is 0 Å². The molecule has 0 atom stereocenters. The maximum Gasteiger partial charge on any atom is 0.356 e. The Morgan fingerprint density at radius 2 is 2.21 bits per heavy atom. The fourth-order valence-corrected chi connectivity index (χ4v) is 1.02. The van der Waals surface area contributed by atoms with E-state index in [1.54, 1.807) is 0 Å². The molecule has 1 aromatic rings. The van der Waals surface area contributed by atoms with Gasteiger partial charge in [-0.3, -0.25) is 0 Å². The highest BCUT2D eigenvalue weighted by Gasteiger charge is 2.17. The minimum absolute atomic E-state index is 0.173. The fourth-order valence-electron chi connectivity index (χ4n) is 0.829. The molecule has 0 aromatic carbocycles. The molecule has 0 bridgehead atoms. The number of alkyl halides is 2. The molecular weight excluding hydrogens is 216 g/mol. The van der Waals surface area contributed by atoms with Crippen LogP contribution >= 0.6 is 11.6 Å². The Balaban J connectivity index is 3.13. The van der Waals surface area contributed by atoms with Crippen molar-refractivity contribution >= 4 is 17.6 Å². The Bertz CT molecular complexity index is 357. The number of hydrogen-bond acceptors (Lipinski definition) is 3. The number of nitrogens with zero attached hydrogens (tertiary/aromatic N) is 1. The summed E-state index contributed by atoms with van der Waals surface area (Å²) in [7, 11) is 1.14. The van der Waals surface area contributed by atoms with Crippen molar-refractivity contribution in [3.8, 4) is 0 Å². The molecule has 14 heavy (non-hydrogen) atoms. The predicted molar refractivity (Wildman–Crippen MR) is 45.5 cm³/mol. The van der Waals surface area contributed by atoms with Crippen molar-refractivity contribution in [3.05, 3.63) is 28.5 Å². The third-order valence-corrected chi connectivity index (χ3v) is 1.79. The second kappa shape index (κ2) is 4.32. The molecule has 3 nitrogen and oxygen atoms in total. The van der Waals surface area contributed by atoms with Crippen LogP contribution in [0.15, 0.2) is 12.1 Å². The number of carbonyl (C=O) groups excluding carboxylic acids is 1. The van der Waals surface area contributed by atoms with E-state index in [9.17, 15) is 13.6 Å². The van der Waals surface area contributed by atoms with Gasteiger partial charge in [0, 0.05) is 0 Å². The van der Waals surface area contributed by atoms with Gasteiger partial charge in [-0.05, 0) is 12.1 Å². The Kier molecular flexibility index (Phi) is 3.35. The van der Waals surface area contributed by atoms with Crippen molar-refractivity contribution in [2.75, 3.05) is 7.11 Å². The minimum atomic E-state index is -2.81. The van der Waals surface area contributed by atoms with Crippen molar-refractivity contribution in [1.29, 1.82) is 0 Å². The fraction of sp³-hybridized carbons (Fsp3) is 0.250. The van der Waals surface area contributed by atoms with Crippen LogP contribution in [0.2, 0.25) is 5.02 Å². The number of esters is 1. The lowest BCUT2D eigenvalue weighted by atomic mass is 10.3. The van der Waals surface area contributed by atoms with Gasteiger partial charge in [-0.1, -0.05) is 11.6 Å². The zero-order valence-corrected chi connectivity index (χ0v) is 7.89.